The normalized spacial score (nSPS) is 10.7. The maximum absolute atomic E-state index is 6.11. The molecule has 0 bridgehead atoms. The van der Waals surface area contributed by atoms with Gasteiger partial charge in [0.15, 0.2) is 0 Å². The molecule has 0 radical (unpaired) electrons. The smallest absolute Gasteiger partial charge is 0.259 e. The second-order valence-electron chi connectivity index (χ2n) is 4.17. The first-order valence-corrected chi connectivity index (χ1v) is 6.54. The molecule has 0 aliphatic carbocycles. The van der Waals surface area contributed by atoms with Crippen LogP contribution in [-0.2, 0) is 0 Å². The number of hydrogen-bond donors (Lipinski definition) is 1. The predicted molar refractivity (Wildman–Crippen MR) is 79.6 cm³/mol. The van der Waals surface area contributed by atoms with Crippen LogP contribution in [0.4, 0.5) is 5.69 Å². The summed E-state index contributed by atoms with van der Waals surface area (Å²) in [6.07, 6.45) is 0. The Morgan fingerprint density at radius 2 is 1.90 bits per heavy atom. The zero-order chi connectivity index (χ0) is 14.1. The molecule has 2 aromatic carbocycles. The molecule has 1 heterocycles. The van der Waals surface area contributed by atoms with Crippen LogP contribution < -0.4 is 5.73 Å². The first kappa shape index (κ1) is 13.0. The van der Waals surface area contributed by atoms with E-state index in [4.69, 9.17) is 33.5 Å². The zero-order valence-electron chi connectivity index (χ0n) is 10.2. The van der Waals surface area contributed by atoms with Gasteiger partial charge in [-0.05, 0) is 30.3 Å². The van der Waals surface area contributed by atoms with Gasteiger partial charge in [0, 0.05) is 16.3 Å². The lowest BCUT2D eigenvalue weighted by Gasteiger charge is -1.98. The minimum Gasteiger partial charge on any atom is -0.399 e. The Morgan fingerprint density at radius 1 is 1.05 bits per heavy atom. The van der Waals surface area contributed by atoms with Crippen LogP contribution in [0.15, 0.2) is 47.0 Å². The molecule has 6 heteroatoms. The van der Waals surface area contributed by atoms with Crippen molar-refractivity contribution in [1.82, 2.24) is 10.1 Å². The van der Waals surface area contributed by atoms with Gasteiger partial charge in [0.25, 0.3) is 5.89 Å². The van der Waals surface area contributed by atoms with E-state index < -0.39 is 0 Å². The molecule has 2 N–H and O–H groups in total. The summed E-state index contributed by atoms with van der Waals surface area (Å²) < 4.78 is 5.24. The van der Waals surface area contributed by atoms with E-state index in [1.807, 2.05) is 12.1 Å². The molecule has 0 aliphatic rings. The highest BCUT2D eigenvalue weighted by molar-refractivity contribution is 6.36. The van der Waals surface area contributed by atoms with Crippen molar-refractivity contribution in [2.45, 2.75) is 0 Å². The van der Waals surface area contributed by atoms with E-state index in [2.05, 4.69) is 10.1 Å². The number of hydrogen-bond acceptors (Lipinski definition) is 4. The van der Waals surface area contributed by atoms with Crippen molar-refractivity contribution >= 4 is 28.9 Å². The maximum atomic E-state index is 6.11. The number of halogens is 2. The monoisotopic (exact) mass is 305 g/mol. The summed E-state index contributed by atoms with van der Waals surface area (Å²) in [5, 5.41) is 4.94. The van der Waals surface area contributed by atoms with Gasteiger partial charge in [0.2, 0.25) is 5.82 Å². The Morgan fingerprint density at radius 3 is 2.65 bits per heavy atom. The maximum Gasteiger partial charge on any atom is 0.259 e. The molecule has 3 rings (SSSR count). The molecule has 0 saturated heterocycles. The summed E-state index contributed by atoms with van der Waals surface area (Å²) in [5.74, 6) is 0.794. The van der Waals surface area contributed by atoms with Crippen molar-refractivity contribution in [3.63, 3.8) is 0 Å². The average Bonchev–Trinajstić information content (AvgIpc) is 2.88. The third-order valence-electron chi connectivity index (χ3n) is 2.73. The quantitative estimate of drug-likeness (QED) is 0.717. The standard InChI is InChI=1S/C14H9Cl2N3O/c15-9-4-5-11(12(16)7-9)14-18-13(19-20-14)8-2-1-3-10(17)6-8/h1-7H,17H2. The van der Waals surface area contributed by atoms with E-state index in [1.165, 1.54) is 0 Å². The summed E-state index contributed by atoms with van der Waals surface area (Å²) in [7, 11) is 0. The van der Waals surface area contributed by atoms with Crippen LogP contribution in [0.3, 0.4) is 0 Å². The number of nitrogen functional groups attached to an aromatic ring is 1. The Bertz CT molecular complexity index is 771. The number of rotatable bonds is 2. The van der Waals surface area contributed by atoms with Gasteiger partial charge in [0.1, 0.15) is 0 Å². The Balaban J connectivity index is 2.02. The number of nitrogens with two attached hydrogens (primary N) is 1. The van der Waals surface area contributed by atoms with Gasteiger partial charge in [0.05, 0.1) is 10.6 Å². The molecule has 1 aromatic heterocycles. The lowest BCUT2D eigenvalue weighted by molar-refractivity contribution is 0.432. The fraction of sp³-hybridized carbons (Fsp3) is 0. The van der Waals surface area contributed by atoms with Crippen molar-refractivity contribution in [1.29, 1.82) is 0 Å². The van der Waals surface area contributed by atoms with Gasteiger partial charge in [-0.1, -0.05) is 40.5 Å². The molecular formula is C14H9Cl2N3O. The van der Waals surface area contributed by atoms with Gasteiger partial charge < -0.3 is 10.3 Å². The van der Waals surface area contributed by atoms with Gasteiger partial charge in [-0.2, -0.15) is 4.98 Å². The third kappa shape index (κ3) is 2.48. The molecule has 0 amide bonds. The van der Waals surface area contributed by atoms with Crippen LogP contribution in [-0.4, -0.2) is 10.1 Å². The van der Waals surface area contributed by atoms with E-state index in [9.17, 15) is 0 Å². The van der Waals surface area contributed by atoms with Crippen molar-refractivity contribution in [3.8, 4) is 22.8 Å². The van der Waals surface area contributed by atoms with E-state index in [0.717, 1.165) is 5.56 Å². The van der Waals surface area contributed by atoms with Crippen LogP contribution >= 0.6 is 23.2 Å². The molecule has 0 atom stereocenters. The molecule has 3 aromatic rings. The summed E-state index contributed by atoms with van der Waals surface area (Å²) >= 11 is 12.0. The summed E-state index contributed by atoms with van der Waals surface area (Å²) in [5.41, 5.74) is 7.79. The average molecular weight is 306 g/mol. The topological polar surface area (TPSA) is 64.9 Å². The Labute approximate surface area is 125 Å². The number of nitrogens with zero attached hydrogens (tertiary/aromatic N) is 2. The highest BCUT2D eigenvalue weighted by atomic mass is 35.5. The minimum absolute atomic E-state index is 0.337. The van der Waals surface area contributed by atoms with Gasteiger partial charge >= 0.3 is 0 Å². The largest absolute Gasteiger partial charge is 0.399 e. The van der Waals surface area contributed by atoms with Crippen molar-refractivity contribution in [3.05, 3.63) is 52.5 Å². The van der Waals surface area contributed by atoms with E-state index in [-0.39, 0.29) is 0 Å². The van der Waals surface area contributed by atoms with Crippen molar-refractivity contribution < 1.29 is 4.52 Å². The SMILES string of the molecule is Nc1cccc(-c2noc(-c3ccc(Cl)cc3Cl)n2)c1. The first-order valence-electron chi connectivity index (χ1n) is 5.78. The minimum atomic E-state index is 0.337. The van der Waals surface area contributed by atoms with Crippen LogP contribution in [0.2, 0.25) is 10.0 Å². The molecule has 0 unspecified atom stereocenters. The lowest BCUT2D eigenvalue weighted by atomic mass is 10.2. The van der Waals surface area contributed by atoms with E-state index in [1.54, 1.807) is 30.3 Å². The summed E-state index contributed by atoms with van der Waals surface area (Å²) in [6.45, 7) is 0. The highest BCUT2D eigenvalue weighted by Crippen LogP contribution is 2.30. The molecule has 0 fully saturated rings. The second kappa shape index (κ2) is 5.15. The fourth-order valence-corrected chi connectivity index (χ4v) is 2.28. The van der Waals surface area contributed by atoms with Crippen LogP contribution in [0.25, 0.3) is 22.8 Å². The Hall–Kier alpha value is -2.04. The highest BCUT2D eigenvalue weighted by Gasteiger charge is 2.13. The second-order valence-corrected chi connectivity index (χ2v) is 5.02. The van der Waals surface area contributed by atoms with Crippen LogP contribution in [0.5, 0.6) is 0 Å². The molecular weight excluding hydrogens is 297 g/mol. The van der Waals surface area contributed by atoms with Gasteiger partial charge in [-0.25, -0.2) is 0 Å². The summed E-state index contributed by atoms with van der Waals surface area (Å²) in [6, 6.07) is 12.3. The van der Waals surface area contributed by atoms with Crippen LogP contribution in [0, 0.1) is 0 Å². The first-order chi connectivity index (χ1) is 9.63. The van der Waals surface area contributed by atoms with Gasteiger partial charge in [-0.15, -0.1) is 0 Å². The summed E-state index contributed by atoms with van der Waals surface area (Å²) in [4.78, 5) is 4.32. The van der Waals surface area contributed by atoms with E-state index >= 15 is 0 Å². The van der Waals surface area contributed by atoms with Gasteiger partial charge in [-0.3, -0.25) is 0 Å². The molecule has 0 spiro atoms. The predicted octanol–water partition coefficient (Wildman–Crippen LogP) is 4.29. The lowest BCUT2D eigenvalue weighted by Crippen LogP contribution is -1.86. The number of anilines is 1. The number of aromatic nitrogens is 2. The molecule has 100 valence electrons. The fourth-order valence-electron chi connectivity index (χ4n) is 1.79. The molecule has 4 nitrogen and oxygen atoms in total. The molecule has 0 saturated carbocycles. The van der Waals surface area contributed by atoms with Crippen molar-refractivity contribution in [2.75, 3.05) is 5.73 Å². The third-order valence-corrected chi connectivity index (χ3v) is 3.28. The van der Waals surface area contributed by atoms with Crippen LogP contribution in [0.1, 0.15) is 0 Å². The number of benzene rings is 2. The molecule has 0 aliphatic heterocycles. The zero-order valence-corrected chi connectivity index (χ0v) is 11.7. The van der Waals surface area contributed by atoms with E-state index in [0.29, 0.717) is 33.0 Å². The Kier molecular flexibility index (Phi) is 3.34. The molecule has 20 heavy (non-hydrogen) atoms. The van der Waals surface area contributed by atoms with Crippen molar-refractivity contribution in [2.24, 2.45) is 0 Å².